The molecule has 6 nitrogen and oxygen atoms in total. The molecule has 0 atom stereocenters. The van der Waals surface area contributed by atoms with Crippen molar-refractivity contribution in [1.82, 2.24) is 19.3 Å². The number of anilines is 1. The van der Waals surface area contributed by atoms with Gasteiger partial charge in [-0.25, -0.2) is 14.1 Å². The van der Waals surface area contributed by atoms with Crippen molar-refractivity contribution in [3.05, 3.63) is 107 Å². The number of para-hydroxylation sites is 1. The Bertz CT molecular complexity index is 1450. The van der Waals surface area contributed by atoms with Gasteiger partial charge in [0.15, 0.2) is 11.5 Å². The lowest BCUT2D eigenvalue weighted by atomic mass is 10.1. The number of carbonyl (C=O) groups is 1. The standard InChI is InChI=1S/C26H22FN5O/c1-17-15-18(2)28-24-23(17)25(31-13-5-6-14-31)30-32(24)16-19-9-11-20(12-10-19)26(33)29-22-8-4-3-7-21(22)27/h3-15H,16H2,1-2H3,(H,29,33). The van der Waals surface area contributed by atoms with Crippen molar-refractivity contribution in [3.63, 3.8) is 0 Å². The van der Waals surface area contributed by atoms with Gasteiger partial charge in [-0.1, -0.05) is 24.3 Å². The summed E-state index contributed by atoms with van der Waals surface area (Å²) in [6.07, 6.45) is 3.93. The monoisotopic (exact) mass is 439 g/mol. The van der Waals surface area contributed by atoms with Gasteiger partial charge in [-0.05, 0) is 67.4 Å². The molecular weight excluding hydrogens is 417 g/mol. The largest absolute Gasteiger partial charge is 0.319 e. The van der Waals surface area contributed by atoms with E-state index in [1.807, 2.05) is 52.8 Å². The highest BCUT2D eigenvalue weighted by atomic mass is 19.1. The van der Waals surface area contributed by atoms with Crippen molar-refractivity contribution in [2.45, 2.75) is 20.4 Å². The first kappa shape index (κ1) is 20.6. The molecule has 0 bridgehead atoms. The van der Waals surface area contributed by atoms with E-state index in [9.17, 15) is 9.18 Å². The molecule has 33 heavy (non-hydrogen) atoms. The van der Waals surface area contributed by atoms with E-state index in [4.69, 9.17) is 10.1 Å². The van der Waals surface area contributed by atoms with Crippen LogP contribution in [0.25, 0.3) is 16.9 Å². The minimum atomic E-state index is -0.468. The number of rotatable bonds is 5. The molecule has 0 aliphatic carbocycles. The number of aryl methyl sites for hydroxylation is 2. The van der Waals surface area contributed by atoms with Crippen LogP contribution in [0.5, 0.6) is 0 Å². The third-order valence-electron chi connectivity index (χ3n) is 5.53. The number of nitrogens with zero attached hydrogens (tertiary/aromatic N) is 4. The molecule has 0 spiro atoms. The van der Waals surface area contributed by atoms with E-state index in [0.29, 0.717) is 12.1 Å². The molecule has 0 saturated heterocycles. The van der Waals surface area contributed by atoms with Crippen molar-refractivity contribution >= 4 is 22.6 Å². The zero-order valence-corrected chi connectivity index (χ0v) is 18.3. The third kappa shape index (κ3) is 4.01. The molecule has 7 heteroatoms. The Morgan fingerprint density at radius 1 is 1.00 bits per heavy atom. The number of hydrogen-bond acceptors (Lipinski definition) is 3. The van der Waals surface area contributed by atoms with Gasteiger partial charge >= 0.3 is 0 Å². The summed E-state index contributed by atoms with van der Waals surface area (Å²) in [7, 11) is 0. The molecule has 0 radical (unpaired) electrons. The summed E-state index contributed by atoms with van der Waals surface area (Å²) in [6.45, 7) is 4.55. The topological polar surface area (TPSA) is 64.7 Å². The first-order valence-corrected chi connectivity index (χ1v) is 10.6. The van der Waals surface area contributed by atoms with E-state index in [0.717, 1.165) is 33.7 Å². The molecule has 1 amide bonds. The molecule has 0 unspecified atom stereocenters. The number of halogens is 1. The summed E-state index contributed by atoms with van der Waals surface area (Å²) in [5.74, 6) is 0.00417. The fourth-order valence-electron chi connectivity index (χ4n) is 3.95. The number of carbonyl (C=O) groups excluding carboxylic acids is 1. The van der Waals surface area contributed by atoms with Gasteiger partial charge in [0, 0.05) is 23.7 Å². The first-order valence-electron chi connectivity index (χ1n) is 10.6. The van der Waals surface area contributed by atoms with Crippen LogP contribution in [-0.4, -0.2) is 25.2 Å². The second-order valence-electron chi connectivity index (χ2n) is 7.98. The first-order chi connectivity index (χ1) is 16.0. The van der Waals surface area contributed by atoms with Crippen LogP contribution in [0.2, 0.25) is 0 Å². The van der Waals surface area contributed by atoms with E-state index in [-0.39, 0.29) is 11.6 Å². The Labute approximate surface area is 190 Å². The molecule has 5 rings (SSSR count). The lowest BCUT2D eigenvalue weighted by Gasteiger charge is -2.08. The molecule has 0 aliphatic heterocycles. The van der Waals surface area contributed by atoms with Crippen LogP contribution < -0.4 is 5.32 Å². The number of aromatic nitrogens is 4. The molecule has 164 valence electrons. The fraction of sp³-hybridized carbons (Fsp3) is 0.115. The van der Waals surface area contributed by atoms with Crippen molar-refractivity contribution in [2.75, 3.05) is 5.32 Å². The maximum absolute atomic E-state index is 13.8. The number of fused-ring (bicyclic) bond motifs is 1. The van der Waals surface area contributed by atoms with Gasteiger partial charge in [-0.15, -0.1) is 0 Å². The summed E-state index contributed by atoms with van der Waals surface area (Å²) < 4.78 is 17.7. The van der Waals surface area contributed by atoms with E-state index in [2.05, 4.69) is 18.3 Å². The Morgan fingerprint density at radius 3 is 2.45 bits per heavy atom. The minimum absolute atomic E-state index is 0.156. The Morgan fingerprint density at radius 2 is 1.73 bits per heavy atom. The quantitative estimate of drug-likeness (QED) is 0.405. The van der Waals surface area contributed by atoms with Crippen LogP contribution in [0.4, 0.5) is 10.1 Å². The van der Waals surface area contributed by atoms with E-state index in [1.165, 1.54) is 12.1 Å². The molecule has 0 saturated carbocycles. The predicted octanol–water partition coefficient (Wildman–Crippen LogP) is 5.28. The van der Waals surface area contributed by atoms with Crippen LogP contribution in [0.15, 0.2) is 79.1 Å². The number of benzene rings is 2. The van der Waals surface area contributed by atoms with Gasteiger partial charge in [0.2, 0.25) is 0 Å². The maximum atomic E-state index is 13.8. The summed E-state index contributed by atoms with van der Waals surface area (Å²) in [5, 5.41) is 8.47. The highest BCUT2D eigenvalue weighted by Crippen LogP contribution is 2.26. The van der Waals surface area contributed by atoms with Gasteiger partial charge < -0.3 is 9.88 Å². The molecule has 1 N–H and O–H groups in total. The number of amides is 1. The zero-order valence-electron chi connectivity index (χ0n) is 18.3. The summed E-state index contributed by atoms with van der Waals surface area (Å²) in [6, 6.07) is 19.3. The molecule has 3 heterocycles. The highest BCUT2D eigenvalue weighted by molar-refractivity contribution is 6.04. The summed E-state index contributed by atoms with van der Waals surface area (Å²) in [5.41, 5.74) is 4.45. The molecule has 2 aromatic carbocycles. The van der Waals surface area contributed by atoms with Crippen LogP contribution >= 0.6 is 0 Å². The van der Waals surface area contributed by atoms with Gasteiger partial charge in [0.1, 0.15) is 5.82 Å². The Hall–Kier alpha value is -4.26. The zero-order chi connectivity index (χ0) is 22.9. The Balaban J connectivity index is 1.43. The van der Waals surface area contributed by atoms with E-state index in [1.54, 1.807) is 24.3 Å². The summed E-state index contributed by atoms with van der Waals surface area (Å²) >= 11 is 0. The van der Waals surface area contributed by atoms with Gasteiger partial charge in [0.25, 0.3) is 5.91 Å². The molecular formula is C26H22FN5O. The lowest BCUT2D eigenvalue weighted by molar-refractivity contribution is 0.102. The number of pyridine rings is 1. The number of nitrogens with one attached hydrogen (secondary N) is 1. The smallest absolute Gasteiger partial charge is 0.255 e. The maximum Gasteiger partial charge on any atom is 0.255 e. The van der Waals surface area contributed by atoms with Crippen molar-refractivity contribution in [2.24, 2.45) is 0 Å². The van der Waals surface area contributed by atoms with Crippen molar-refractivity contribution in [1.29, 1.82) is 0 Å². The van der Waals surface area contributed by atoms with Crippen molar-refractivity contribution in [3.8, 4) is 5.82 Å². The van der Waals surface area contributed by atoms with Crippen LogP contribution in [0.3, 0.4) is 0 Å². The third-order valence-corrected chi connectivity index (χ3v) is 5.53. The molecule has 5 aromatic rings. The van der Waals surface area contributed by atoms with E-state index < -0.39 is 5.82 Å². The normalized spacial score (nSPS) is 11.1. The minimum Gasteiger partial charge on any atom is -0.319 e. The molecule has 0 fully saturated rings. The van der Waals surface area contributed by atoms with Crippen LogP contribution in [0, 0.1) is 19.7 Å². The van der Waals surface area contributed by atoms with E-state index >= 15 is 0 Å². The summed E-state index contributed by atoms with van der Waals surface area (Å²) in [4.78, 5) is 17.3. The van der Waals surface area contributed by atoms with Gasteiger partial charge in [-0.2, -0.15) is 5.10 Å². The highest BCUT2D eigenvalue weighted by Gasteiger charge is 2.16. The molecule has 3 aromatic heterocycles. The van der Waals surface area contributed by atoms with Gasteiger partial charge in [-0.3, -0.25) is 4.79 Å². The fourth-order valence-corrected chi connectivity index (χ4v) is 3.95. The average molecular weight is 439 g/mol. The predicted molar refractivity (Wildman–Crippen MR) is 126 cm³/mol. The molecule has 0 aliphatic rings. The average Bonchev–Trinajstić information content (AvgIpc) is 3.44. The van der Waals surface area contributed by atoms with Gasteiger partial charge in [0.05, 0.1) is 17.6 Å². The number of hydrogen-bond donors (Lipinski definition) is 1. The van der Waals surface area contributed by atoms with Crippen LogP contribution in [0.1, 0.15) is 27.2 Å². The second kappa shape index (κ2) is 8.35. The SMILES string of the molecule is Cc1cc(C)c2c(-n3cccc3)nn(Cc3ccc(C(=O)Nc4ccccc4F)cc3)c2n1. The Kier molecular flexibility index (Phi) is 5.22. The lowest BCUT2D eigenvalue weighted by Crippen LogP contribution is -2.13. The second-order valence-corrected chi connectivity index (χ2v) is 7.98. The van der Waals surface area contributed by atoms with Crippen LogP contribution in [-0.2, 0) is 6.54 Å². The van der Waals surface area contributed by atoms with Crippen molar-refractivity contribution < 1.29 is 9.18 Å².